The van der Waals surface area contributed by atoms with Crippen molar-refractivity contribution >= 4 is 0 Å². The van der Waals surface area contributed by atoms with Crippen molar-refractivity contribution in [2.45, 2.75) is 39.2 Å². The second kappa shape index (κ2) is 5.72. The Morgan fingerprint density at radius 2 is 2.13 bits per heavy atom. The van der Waals surface area contributed by atoms with Gasteiger partial charge in [-0.15, -0.1) is 6.58 Å². The van der Waals surface area contributed by atoms with Crippen molar-refractivity contribution in [1.29, 1.82) is 0 Å². The molecule has 1 aromatic carbocycles. The van der Waals surface area contributed by atoms with Crippen molar-refractivity contribution in [3.05, 3.63) is 47.5 Å². The summed E-state index contributed by atoms with van der Waals surface area (Å²) in [5.74, 6) is 0. The van der Waals surface area contributed by atoms with Gasteiger partial charge < -0.3 is 5.11 Å². The molecule has 0 fully saturated rings. The monoisotopic (exact) mass is 204 g/mol. The lowest BCUT2D eigenvalue weighted by Crippen LogP contribution is -2.01. The third kappa shape index (κ3) is 3.21. The van der Waals surface area contributed by atoms with Crippen LogP contribution >= 0.6 is 0 Å². The molecule has 0 saturated heterocycles. The summed E-state index contributed by atoms with van der Waals surface area (Å²) in [7, 11) is 0. The fourth-order valence-electron chi connectivity index (χ4n) is 1.75. The van der Waals surface area contributed by atoms with Crippen LogP contribution in [0.25, 0.3) is 0 Å². The summed E-state index contributed by atoms with van der Waals surface area (Å²) in [5, 5.41) is 10.0. The number of hydrogen-bond donors (Lipinski definition) is 1. The van der Waals surface area contributed by atoms with E-state index >= 15 is 0 Å². The Bertz CT molecular complexity index is 328. The molecule has 0 aliphatic heterocycles. The van der Waals surface area contributed by atoms with Gasteiger partial charge in [0.25, 0.3) is 0 Å². The molecule has 0 amide bonds. The zero-order valence-corrected chi connectivity index (χ0v) is 9.66. The first-order valence-corrected chi connectivity index (χ1v) is 5.52. The van der Waals surface area contributed by atoms with Crippen LogP contribution in [0.4, 0.5) is 0 Å². The molecule has 0 aromatic heterocycles. The highest BCUT2D eigenvalue weighted by molar-refractivity contribution is 5.34. The molecule has 1 unspecified atom stereocenters. The summed E-state index contributed by atoms with van der Waals surface area (Å²) in [4.78, 5) is 0. The molecule has 0 heterocycles. The number of aliphatic hydroxyl groups is 1. The van der Waals surface area contributed by atoms with Gasteiger partial charge in [0.05, 0.1) is 6.10 Å². The second-order valence-electron chi connectivity index (χ2n) is 4.02. The Morgan fingerprint density at radius 3 is 2.80 bits per heavy atom. The number of unbranched alkanes of at least 4 members (excludes halogenated alkanes) is 1. The molecule has 82 valence electrons. The topological polar surface area (TPSA) is 20.2 Å². The first-order chi connectivity index (χ1) is 7.16. The fourth-order valence-corrected chi connectivity index (χ4v) is 1.75. The van der Waals surface area contributed by atoms with Gasteiger partial charge in [-0.3, -0.25) is 0 Å². The minimum absolute atomic E-state index is 0.329. The Labute approximate surface area is 92.5 Å². The summed E-state index contributed by atoms with van der Waals surface area (Å²) < 4.78 is 0. The van der Waals surface area contributed by atoms with E-state index in [1.54, 1.807) is 0 Å². The van der Waals surface area contributed by atoms with Gasteiger partial charge in [0, 0.05) is 0 Å². The van der Waals surface area contributed by atoms with E-state index in [1.807, 2.05) is 18.2 Å². The summed E-state index contributed by atoms with van der Waals surface area (Å²) >= 11 is 0. The highest BCUT2D eigenvalue weighted by atomic mass is 16.3. The minimum atomic E-state index is -0.329. The van der Waals surface area contributed by atoms with E-state index < -0.39 is 0 Å². The van der Waals surface area contributed by atoms with Crippen LogP contribution < -0.4 is 0 Å². The number of benzene rings is 1. The average molecular weight is 204 g/mol. The minimum Gasteiger partial charge on any atom is -0.388 e. The third-order valence-electron chi connectivity index (χ3n) is 2.89. The molecule has 0 aliphatic carbocycles. The van der Waals surface area contributed by atoms with Crippen LogP contribution in [0, 0.1) is 13.8 Å². The van der Waals surface area contributed by atoms with Crippen LogP contribution in [0.1, 0.15) is 42.1 Å². The maximum absolute atomic E-state index is 10.0. The summed E-state index contributed by atoms with van der Waals surface area (Å²) in [6.45, 7) is 7.83. The van der Waals surface area contributed by atoms with Crippen molar-refractivity contribution in [1.82, 2.24) is 0 Å². The van der Waals surface area contributed by atoms with Gasteiger partial charge in [-0.2, -0.15) is 0 Å². The molecule has 0 saturated carbocycles. The SMILES string of the molecule is C=CCCCC(O)c1cccc(C)c1C. The van der Waals surface area contributed by atoms with Crippen molar-refractivity contribution in [2.75, 3.05) is 0 Å². The Morgan fingerprint density at radius 1 is 1.40 bits per heavy atom. The zero-order chi connectivity index (χ0) is 11.3. The molecule has 1 N–H and O–H groups in total. The summed E-state index contributed by atoms with van der Waals surface area (Å²) in [6, 6.07) is 6.10. The molecular weight excluding hydrogens is 184 g/mol. The molecule has 0 bridgehead atoms. The number of rotatable bonds is 5. The molecular formula is C14H20O. The quantitative estimate of drug-likeness (QED) is 0.573. The maximum atomic E-state index is 10.0. The maximum Gasteiger partial charge on any atom is 0.0792 e. The van der Waals surface area contributed by atoms with E-state index in [2.05, 4.69) is 26.5 Å². The first-order valence-electron chi connectivity index (χ1n) is 5.52. The van der Waals surface area contributed by atoms with Crippen LogP contribution in [0.5, 0.6) is 0 Å². The molecule has 15 heavy (non-hydrogen) atoms. The smallest absolute Gasteiger partial charge is 0.0792 e. The Kier molecular flexibility index (Phi) is 4.57. The average Bonchev–Trinajstić information content (AvgIpc) is 2.22. The fraction of sp³-hybridized carbons (Fsp3) is 0.429. The van der Waals surface area contributed by atoms with Crippen LogP contribution in [-0.4, -0.2) is 5.11 Å². The number of aryl methyl sites for hydroxylation is 1. The third-order valence-corrected chi connectivity index (χ3v) is 2.89. The van der Waals surface area contributed by atoms with E-state index in [-0.39, 0.29) is 6.10 Å². The lowest BCUT2D eigenvalue weighted by molar-refractivity contribution is 0.164. The summed E-state index contributed by atoms with van der Waals surface area (Å²) in [5.41, 5.74) is 3.53. The van der Waals surface area contributed by atoms with Crippen molar-refractivity contribution in [3.8, 4) is 0 Å². The van der Waals surface area contributed by atoms with Gasteiger partial charge >= 0.3 is 0 Å². The van der Waals surface area contributed by atoms with Gasteiger partial charge in [0.2, 0.25) is 0 Å². The number of allylic oxidation sites excluding steroid dienone is 1. The van der Waals surface area contributed by atoms with Gasteiger partial charge in [-0.1, -0.05) is 24.3 Å². The van der Waals surface area contributed by atoms with Crippen LogP contribution in [0.3, 0.4) is 0 Å². The normalized spacial score (nSPS) is 12.5. The Balaban J connectivity index is 2.68. The number of aliphatic hydroxyl groups excluding tert-OH is 1. The van der Waals surface area contributed by atoms with E-state index in [0.717, 1.165) is 24.8 Å². The lowest BCUT2D eigenvalue weighted by atomic mass is 9.96. The standard InChI is InChI=1S/C14H20O/c1-4-5-6-10-14(15)13-9-7-8-11(2)12(13)3/h4,7-9,14-15H,1,5-6,10H2,2-3H3. The highest BCUT2D eigenvalue weighted by Crippen LogP contribution is 2.24. The molecule has 1 atom stereocenters. The predicted molar refractivity (Wildman–Crippen MR) is 64.9 cm³/mol. The van der Waals surface area contributed by atoms with E-state index in [4.69, 9.17) is 0 Å². The van der Waals surface area contributed by atoms with Crippen molar-refractivity contribution in [2.24, 2.45) is 0 Å². The van der Waals surface area contributed by atoms with Gasteiger partial charge in [0.15, 0.2) is 0 Å². The molecule has 1 heteroatoms. The van der Waals surface area contributed by atoms with E-state index in [0.29, 0.717) is 0 Å². The zero-order valence-electron chi connectivity index (χ0n) is 9.66. The predicted octanol–water partition coefficient (Wildman–Crippen LogP) is 3.69. The highest BCUT2D eigenvalue weighted by Gasteiger charge is 2.10. The Hall–Kier alpha value is -1.08. The molecule has 0 radical (unpaired) electrons. The van der Waals surface area contributed by atoms with E-state index in [9.17, 15) is 5.11 Å². The lowest BCUT2D eigenvalue weighted by Gasteiger charge is -2.14. The van der Waals surface area contributed by atoms with Crippen LogP contribution in [0.15, 0.2) is 30.9 Å². The first kappa shape index (κ1) is 12.0. The van der Waals surface area contributed by atoms with Crippen LogP contribution in [0.2, 0.25) is 0 Å². The van der Waals surface area contributed by atoms with Crippen molar-refractivity contribution < 1.29 is 5.11 Å². The van der Waals surface area contributed by atoms with E-state index in [1.165, 1.54) is 11.1 Å². The van der Waals surface area contributed by atoms with Crippen molar-refractivity contribution in [3.63, 3.8) is 0 Å². The number of hydrogen-bond acceptors (Lipinski definition) is 1. The van der Waals surface area contributed by atoms with Gasteiger partial charge in [-0.25, -0.2) is 0 Å². The van der Waals surface area contributed by atoms with Gasteiger partial charge in [0.1, 0.15) is 0 Å². The molecule has 0 spiro atoms. The second-order valence-corrected chi connectivity index (χ2v) is 4.02. The van der Waals surface area contributed by atoms with Gasteiger partial charge in [-0.05, 0) is 49.8 Å². The summed E-state index contributed by atoms with van der Waals surface area (Å²) in [6.07, 6.45) is 4.36. The molecule has 1 nitrogen and oxygen atoms in total. The molecule has 0 aliphatic rings. The molecule has 1 rings (SSSR count). The van der Waals surface area contributed by atoms with Crippen LogP contribution in [-0.2, 0) is 0 Å². The molecule has 1 aromatic rings. The largest absolute Gasteiger partial charge is 0.388 e.